The van der Waals surface area contributed by atoms with Crippen LogP contribution in [0.4, 0.5) is 0 Å². The molecule has 0 saturated carbocycles. The third-order valence-electron chi connectivity index (χ3n) is 2.82. The van der Waals surface area contributed by atoms with Crippen LogP contribution in [0.5, 0.6) is 0 Å². The minimum Gasteiger partial charge on any atom is -0.374 e. The maximum atomic E-state index is 5.73. The molecular formula is C11H25N3O. The Labute approximate surface area is 93.6 Å². The van der Waals surface area contributed by atoms with Crippen LogP contribution in [-0.2, 0) is 4.74 Å². The second-order valence-corrected chi connectivity index (χ2v) is 4.47. The summed E-state index contributed by atoms with van der Waals surface area (Å²) in [6.07, 6.45) is 1.60. The van der Waals surface area contributed by atoms with Gasteiger partial charge in [-0.3, -0.25) is 0 Å². The Morgan fingerprint density at radius 1 is 1.53 bits per heavy atom. The highest BCUT2D eigenvalue weighted by molar-refractivity contribution is 4.71. The summed E-state index contributed by atoms with van der Waals surface area (Å²) < 4.78 is 5.73. The molecule has 0 amide bonds. The minimum absolute atomic E-state index is 0.392. The van der Waals surface area contributed by atoms with E-state index in [4.69, 9.17) is 4.74 Å². The Bertz CT molecular complexity index is 166. The van der Waals surface area contributed by atoms with E-state index in [-0.39, 0.29) is 0 Å². The number of hydrogen-bond acceptors (Lipinski definition) is 4. The predicted octanol–water partition coefficient (Wildman–Crippen LogP) is -0.142. The van der Waals surface area contributed by atoms with E-state index in [9.17, 15) is 0 Å². The van der Waals surface area contributed by atoms with Gasteiger partial charge in [-0.2, -0.15) is 0 Å². The van der Waals surface area contributed by atoms with Gasteiger partial charge in [0.05, 0.1) is 12.7 Å². The first-order valence-corrected chi connectivity index (χ1v) is 5.85. The van der Waals surface area contributed by atoms with Gasteiger partial charge in [0.15, 0.2) is 0 Å². The molecule has 1 fully saturated rings. The van der Waals surface area contributed by atoms with Crippen molar-refractivity contribution in [3.05, 3.63) is 0 Å². The van der Waals surface area contributed by atoms with Gasteiger partial charge in [0.2, 0.25) is 0 Å². The van der Waals surface area contributed by atoms with Gasteiger partial charge < -0.3 is 19.9 Å². The fraction of sp³-hybridized carbons (Fsp3) is 1.00. The van der Waals surface area contributed by atoms with Crippen LogP contribution in [-0.4, -0.2) is 76.4 Å². The highest BCUT2D eigenvalue weighted by Crippen LogP contribution is 2.04. The van der Waals surface area contributed by atoms with Crippen LogP contribution in [0, 0.1) is 0 Å². The van der Waals surface area contributed by atoms with Crippen molar-refractivity contribution < 1.29 is 4.74 Å². The van der Waals surface area contributed by atoms with E-state index in [0.29, 0.717) is 6.10 Å². The lowest BCUT2D eigenvalue weighted by Gasteiger charge is -2.32. The Morgan fingerprint density at radius 2 is 2.33 bits per heavy atom. The zero-order valence-corrected chi connectivity index (χ0v) is 10.3. The second kappa shape index (κ2) is 7.17. The van der Waals surface area contributed by atoms with Crippen LogP contribution < -0.4 is 5.32 Å². The largest absolute Gasteiger partial charge is 0.374 e. The lowest BCUT2D eigenvalue weighted by Crippen LogP contribution is -2.45. The number of nitrogens with zero attached hydrogens (tertiary/aromatic N) is 2. The lowest BCUT2D eigenvalue weighted by molar-refractivity contribution is -0.0325. The van der Waals surface area contributed by atoms with Gasteiger partial charge in [-0.15, -0.1) is 0 Å². The van der Waals surface area contributed by atoms with E-state index < -0.39 is 0 Å². The average molecular weight is 215 g/mol. The molecule has 1 heterocycles. The van der Waals surface area contributed by atoms with Gasteiger partial charge in [0, 0.05) is 19.6 Å². The van der Waals surface area contributed by atoms with Crippen molar-refractivity contribution in [2.24, 2.45) is 0 Å². The molecule has 15 heavy (non-hydrogen) atoms. The van der Waals surface area contributed by atoms with Crippen molar-refractivity contribution in [2.75, 3.05) is 60.5 Å². The maximum absolute atomic E-state index is 5.73. The average Bonchev–Trinajstić information content (AvgIpc) is 2.18. The molecule has 4 heteroatoms. The topological polar surface area (TPSA) is 27.7 Å². The molecule has 1 saturated heterocycles. The molecule has 1 aliphatic heterocycles. The summed E-state index contributed by atoms with van der Waals surface area (Å²) in [7, 11) is 6.34. The van der Waals surface area contributed by atoms with E-state index >= 15 is 0 Å². The third kappa shape index (κ3) is 5.47. The number of hydrogen-bond donors (Lipinski definition) is 1. The van der Waals surface area contributed by atoms with E-state index in [1.165, 1.54) is 6.42 Å². The molecule has 90 valence electrons. The first-order valence-electron chi connectivity index (χ1n) is 5.85. The van der Waals surface area contributed by atoms with Gasteiger partial charge >= 0.3 is 0 Å². The molecule has 0 aromatic rings. The first-order chi connectivity index (χ1) is 7.22. The Hall–Kier alpha value is -0.160. The summed E-state index contributed by atoms with van der Waals surface area (Å²) >= 11 is 0. The van der Waals surface area contributed by atoms with E-state index in [0.717, 1.165) is 39.3 Å². The van der Waals surface area contributed by atoms with Crippen LogP contribution in [0.3, 0.4) is 0 Å². The summed E-state index contributed by atoms with van der Waals surface area (Å²) in [5, 5.41) is 3.17. The normalized spacial score (nSPS) is 23.6. The Morgan fingerprint density at radius 3 is 3.00 bits per heavy atom. The molecule has 1 aliphatic rings. The van der Waals surface area contributed by atoms with Gasteiger partial charge in [0.25, 0.3) is 0 Å². The number of nitrogens with one attached hydrogen (secondary N) is 1. The monoisotopic (exact) mass is 215 g/mol. The summed E-state index contributed by atoms with van der Waals surface area (Å²) in [4.78, 5) is 4.71. The number of likely N-dealkylation sites (N-methyl/N-ethyl adjacent to an activating group) is 2. The van der Waals surface area contributed by atoms with Crippen molar-refractivity contribution in [3.8, 4) is 0 Å². The number of ether oxygens (including phenoxy) is 1. The zero-order valence-electron chi connectivity index (χ0n) is 10.3. The van der Waals surface area contributed by atoms with Crippen molar-refractivity contribution in [1.29, 1.82) is 0 Å². The van der Waals surface area contributed by atoms with Crippen LogP contribution in [0.1, 0.15) is 6.42 Å². The highest BCUT2D eigenvalue weighted by Gasteiger charge is 2.18. The number of rotatable bonds is 6. The highest BCUT2D eigenvalue weighted by atomic mass is 16.5. The summed E-state index contributed by atoms with van der Waals surface area (Å²) in [5.74, 6) is 0. The summed E-state index contributed by atoms with van der Waals surface area (Å²) in [5.41, 5.74) is 0. The molecule has 0 aliphatic carbocycles. The Balaban J connectivity index is 2.10. The number of morpholine rings is 1. The molecule has 1 unspecified atom stereocenters. The predicted molar refractivity (Wildman–Crippen MR) is 63.3 cm³/mol. The molecule has 0 aromatic heterocycles. The minimum atomic E-state index is 0.392. The zero-order chi connectivity index (χ0) is 11.1. The molecule has 1 rings (SSSR count). The van der Waals surface area contributed by atoms with Gasteiger partial charge in [-0.25, -0.2) is 0 Å². The van der Waals surface area contributed by atoms with Crippen LogP contribution in [0.25, 0.3) is 0 Å². The summed E-state index contributed by atoms with van der Waals surface area (Å²) in [6, 6.07) is 0. The van der Waals surface area contributed by atoms with Crippen LogP contribution in [0.15, 0.2) is 0 Å². The van der Waals surface area contributed by atoms with Crippen LogP contribution >= 0.6 is 0 Å². The standard InChI is InChI=1S/C11H25N3O/c1-12-5-4-6-13(2)9-11-10-14(3)7-8-15-11/h11-12H,4-10H2,1-3H3. The molecule has 0 bridgehead atoms. The van der Waals surface area contributed by atoms with Crippen LogP contribution in [0.2, 0.25) is 0 Å². The fourth-order valence-corrected chi connectivity index (χ4v) is 1.94. The van der Waals surface area contributed by atoms with E-state index in [2.05, 4.69) is 29.2 Å². The quantitative estimate of drug-likeness (QED) is 0.624. The Kier molecular flexibility index (Phi) is 6.17. The molecule has 1 N–H and O–H groups in total. The van der Waals surface area contributed by atoms with E-state index in [1.54, 1.807) is 0 Å². The smallest absolute Gasteiger partial charge is 0.0829 e. The van der Waals surface area contributed by atoms with Gasteiger partial charge in [0.1, 0.15) is 0 Å². The van der Waals surface area contributed by atoms with E-state index in [1.807, 2.05) is 7.05 Å². The lowest BCUT2D eigenvalue weighted by atomic mass is 10.2. The third-order valence-corrected chi connectivity index (χ3v) is 2.82. The van der Waals surface area contributed by atoms with Crippen molar-refractivity contribution in [3.63, 3.8) is 0 Å². The molecular weight excluding hydrogens is 190 g/mol. The fourth-order valence-electron chi connectivity index (χ4n) is 1.94. The molecule has 0 radical (unpaired) electrons. The molecule has 0 spiro atoms. The van der Waals surface area contributed by atoms with Crippen molar-refractivity contribution in [2.45, 2.75) is 12.5 Å². The second-order valence-electron chi connectivity index (χ2n) is 4.47. The summed E-state index contributed by atoms with van der Waals surface area (Å²) in [6.45, 7) is 6.30. The van der Waals surface area contributed by atoms with Gasteiger partial charge in [-0.1, -0.05) is 0 Å². The first kappa shape index (κ1) is 12.9. The molecule has 1 atom stereocenters. The molecule has 4 nitrogen and oxygen atoms in total. The maximum Gasteiger partial charge on any atom is 0.0829 e. The van der Waals surface area contributed by atoms with Crippen molar-refractivity contribution >= 4 is 0 Å². The van der Waals surface area contributed by atoms with Crippen molar-refractivity contribution in [1.82, 2.24) is 15.1 Å². The SMILES string of the molecule is CNCCCN(C)CC1CN(C)CCO1. The molecule has 0 aromatic carbocycles. The van der Waals surface area contributed by atoms with Gasteiger partial charge in [-0.05, 0) is 40.7 Å².